The van der Waals surface area contributed by atoms with Crippen LogP contribution in [-0.4, -0.2) is 31.1 Å². The van der Waals surface area contributed by atoms with Crippen LogP contribution in [0.1, 0.15) is 44.6 Å². The summed E-state index contributed by atoms with van der Waals surface area (Å²) in [7, 11) is 2.22. The summed E-state index contributed by atoms with van der Waals surface area (Å²) in [5.74, 6) is 0.980. The van der Waals surface area contributed by atoms with Crippen LogP contribution in [0.25, 0.3) is 0 Å². The maximum atomic E-state index is 3.74. The van der Waals surface area contributed by atoms with E-state index in [-0.39, 0.29) is 0 Å². The summed E-state index contributed by atoms with van der Waals surface area (Å²) in [4.78, 5) is 2.42. The topological polar surface area (TPSA) is 15.3 Å². The predicted octanol–water partition coefficient (Wildman–Crippen LogP) is 3.68. The average Bonchev–Trinajstić information content (AvgIpc) is 2.93. The number of nitrogens with zero attached hydrogens (tertiary/aromatic N) is 1. The van der Waals surface area contributed by atoms with Crippen molar-refractivity contribution in [3.05, 3.63) is 35.9 Å². The highest BCUT2D eigenvalue weighted by atomic mass is 15.1. The average molecular weight is 274 g/mol. The van der Waals surface area contributed by atoms with E-state index >= 15 is 0 Å². The smallest absolute Gasteiger partial charge is 0.0230 e. The fourth-order valence-electron chi connectivity index (χ4n) is 3.26. The third kappa shape index (κ3) is 5.26. The molecule has 2 unspecified atom stereocenters. The first-order valence-electron chi connectivity index (χ1n) is 8.23. The number of hydrogen-bond donors (Lipinski definition) is 1. The molecule has 1 N–H and O–H groups in total. The van der Waals surface area contributed by atoms with Gasteiger partial charge in [-0.3, -0.25) is 0 Å². The Kier molecular flexibility index (Phi) is 6.55. The van der Waals surface area contributed by atoms with Crippen LogP contribution in [0.15, 0.2) is 30.3 Å². The van der Waals surface area contributed by atoms with Crippen molar-refractivity contribution >= 4 is 0 Å². The maximum absolute atomic E-state index is 3.74. The van der Waals surface area contributed by atoms with Gasteiger partial charge in [-0.2, -0.15) is 0 Å². The largest absolute Gasteiger partial charge is 0.314 e. The summed E-state index contributed by atoms with van der Waals surface area (Å²) in [6, 6.07) is 11.5. The molecule has 2 nitrogen and oxygen atoms in total. The Balaban J connectivity index is 1.55. The number of benzene rings is 1. The third-order valence-corrected chi connectivity index (χ3v) is 4.56. The molecule has 0 radical (unpaired) electrons. The SMILES string of the molecule is CCC1CCC(NCCCN(C)Cc2ccccc2)C1. The number of rotatable bonds is 8. The minimum absolute atomic E-state index is 0.791. The van der Waals surface area contributed by atoms with E-state index in [1.54, 1.807) is 0 Å². The van der Waals surface area contributed by atoms with Gasteiger partial charge in [-0.25, -0.2) is 0 Å². The van der Waals surface area contributed by atoms with E-state index < -0.39 is 0 Å². The molecule has 1 aromatic rings. The van der Waals surface area contributed by atoms with E-state index in [4.69, 9.17) is 0 Å². The summed E-state index contributed by atoms with van der Waals surface area (Å²) in [5.41, 5.74) is 1.41. The quantitative estimate of drug-likeness (QED) is 0.728. The molecule has 0 spiro atoms. The van der Waals surface area contributed by atoms with E-state index in [1.165, 1.54) is 50.8 Å². The number of nitrogens with one attached hydrogen (secondary N) is 1. The standard InChI is InChI=1S/C18H30N2/c1-3-16-10-11-18(14-16)19-12-7-13-20(2)15-17-8-5-4-6-9-17/h4-6,8-9,16,18-19H,3,7,10-15H2,1-2H3. The third-order valence-electron chi connectivity index (χ3n) is 4.56. The van der Waals surface area contributed by atoms with E-state index in [0.717, 1.165) is 18.5 Å². The highest BCUT2D eigenvalue weighted by Gasteiger charge is 2.22. The predicted molar refractivity (Wildman–Crippen MR) is 86.8 cm³/mol. The molecule has 1 fully saturated rings. The molecule has 1 aliphatic rings. The first kappa shape index (κ1) is 15.5. The van der Waals surface area contributed by atoms with Crippen LogP contribution in [0.2, 0.25) is 0 Å². The molecule has 0 bridgehead atoms. The van der Waals surface area contributed by atoms with Gasteiger partial charge in [0, 0.05) is 12.6 Å². The highest BCUT2D eigenvalue weighted by Crippen LogP contribution is 2.27. The molecule has 1 saturated carbocycles. The first-order chi connectivity index (χ1) is 9.78. The minimum atomic E-state index is 0.791. The van der Waals surface area contributed by atoms with Crippen molar-refractivity contribution in [2.45, 2.75) is 51.6 Å². The lowest BCUT2D eigenvalue weighted by atomic mass is 10.1. The molecular formula is C18H30N2. The van der Waals surface area contributed by atoms with Crippen molar-refractivity contribution in [2.24, 2.45) is 5.92 Å². The lowest BCUT2D eigenvalue weighted by molar-refractivity contribution is 0.316. The van der Waals surface area contributed by atoms with Gasteiger partial charge in [-0.15, -0.1) is 0 Å². The molecule has 2 atom stereocenters. The van der Waals surface area contributed by atoms with Crippen molar-refractivity contribution in [3.8, 4) is 0 Å². The molecule has 1 aliphatic carbocycles. The molecule has 0 aromatic heterocycles. The van der Waals surface area contributed by atoms with Gasteiger partial charge in [-0.05, 0) is 57.3 Å². The molecule has 20 heavy (non-hydrogen) atoms. The van der Waals surface area contributed by atoms with Crippen molar-refractivity contribution < 1.29 is 0 Å². The van der Waals surface area contributed by atoms with Crippen molar-refractivity contribution in [2.75, 3.05) is 20.1 Å². The molecule has 112 valence electrons. The fourth-order valence-corrected chi connectivity index (χ4v) is 3.26. The van der Waals surface area contributed by atoms with Gasteiger partial charge >= 0.3 is 0 Å². The Morgan fingerprint density at radius 1 is 1.20 bits per heavy atom. The molecule has 1 aromatic carbocycles. The van der Waals surface area contributed by atoms with Gasteiger partial charge in [0.2, 0.25) is 0 Å². The van der Waals surface area contributed by atoms with Gasteiger partial charge in [0.15, 0.2) is 0 Å². The lowest BCUT2D eigenvalue weighted by Crippen LogP contribution is -2.30. The van der Waals surface area contributed by atoms with Crippen LogP contribution in [-0.2, 0) is 6.54 Å². The van der Waals surface area contributed by atoms with Gasteiger partial charge in [0.05, 0.1) is 0 Å². The minimum Gasteiger partial charge on any atom is -0.314 e. The summed E-state index contributed by atoms with van der Waals surface area (Å²) in [5, 5.41) is 3.74. The van der Waals surface area contributed by atoms with Crippen LogP contribution >= 0.6 is 0 Å². The summed E-state index contributed by atoms with van der Waals surface area (Å²) in [6.45, 7) is 5.72. The Hall–Kier alpha value is -0.860. The lowest BCUT2D eigenvalue weighted by Gasteiger charge is -2.18. The first-order valence-corrected chi connectivity index (χ1v) is 8.23. The molecule has 0 saturated heterocycles. The zero-order chi connectivity index (χ0) is 14.2. The Labute approximate surface area is 124 Å². The van der Waals surface area contributed by atoms with Crippen molar-refractivity contribution in [1.29, 1.82) is 0 Å². The van der Waals surface area contributed by atoms with Crippen molar-refractivity contribution in [3.63, 3.8) is 0 Å². The fraction of sp³-hybridized carbons (Fsp3) is 0.667. The zero-order valence-electron chi connectivity index (χ0n) is 13.1. The van der Waals surface area contributed by atoms with E-state index in [2.05, 4.69) is 54.5 Å². The van der Waals surface area contributed by atoms with Crippen LogP contribution < -0.4 is 5.32 Å². The van der Waals surface area contributed by atoms with Gasteiger partial charge in [-0.1, -0.05) is 43.7 Å². The molecule has 2 heteroatoms. The zero-order valence-corrected chi connectivity index (χ0v) is 13.1. The van der Waals surface area contributed by atoms with Crippen LogP contribution in [0.5, 0.6) is 0 Å². The molecule has 2 rings (SSSR count). The normalized spacial score (nSPS) is 22.6. The summed E-state index contributed by atoms with van der Waals surface area (Å²) < 4.78 is 0. The monoisotopic (exact) mass is 274 g/mol. The van der Waals surface area contributed by atoms with Crippen LogP contribution in [0.3, 0.4) is 0 Å². The second-order valence-electron chi connectivity index (χ2n) is 6.32. The molecule has 0 amide bonds. The van der Waals surface area contributed by atoms with E-state index in [0.29, 0.717) is 0 Å². The van der Waals surface area contributed by atoms with Gasteiger partial charge in [0.25, 0.3) is 0 Å². The molecule has 0 heterocycles. The van der Waals surface area contributed by atoms with E-state index in [9.17, 15) is 0 Å². The van der Waals surface area contributed by atoms with Crippen molar-refractivity contribution in [1.82, 2.24) is 10.2 Å². The van der Waals surface area contributed by atoms with Gasteiger partial charge < -0.3 is 10.2 Å². The Bertz CT molecular complexity index is 363. The van der Waals surface area contributed by atoms with E-state index in [1.807, 2.05) is 0 Å². The Morgan fingerprint density at radius 2 is 2.00 bits per heavy atom. The van der Waals surface area contributed by atoms with Crippen LogP contribution in [0, 0.1) is 5.92 Å². The second kappa shape index (κ2) is 8.43. The van der Waals surface area contributed by atoms with Crippen LogP contribution in [0.4, 0.5) is 0 Å². The number of hydrogen-bond acceptors (Lipinski definition) is 2. The highest BCUT2D eigenvalue weighted by molar-refractivity contribution is 5.14. The second-order valence-corrected chi connectivity index (χ2v) is 6.32. The maximum Gasteiger partial charge on any atom is 0.0230 e. The summed E-state index contributed by atoms with van der Waals surface area (Å²) in [6.07, 6.45) is 6.82. The summed E-state index contributed by atoms with van der Waals surface area (Å²) >= 11 is 0. The Morgan fingerprint density at radius 3 is 2.70 bits per heavy atom. The molecule has 0 aliphatic heterocycles. The van der Waals surface area contributed by atoms with Gasteiger partial charge in [0.1, 0.15) is 0 Å². The molecular weight excluding hydrogens is 244 g/mol.